The standard InChI is InChI=1S/C48H30N2OS/c1-2-11-32(12-3-1)50-42-17-7-4-13-37(42)38-27-25-34(29-43(38)50)49(35-26-28-40-39-14-5-8-18-44(39)51-45(40)30-35)33-23-21-31(22-24-33)36-16-10-20-47-48(36)41-15-6-9-19-46(41)52-47/h1-30H. The second-order valence-corrected chi connectivity index (χ2v) is 14.4. The molecule has 0 saturated heterocycles. The van der Waals surface area contributed by atoms with Gasteiger partial charge in [-0.15, -0.1) is 11.3 Å². The zero-order chi connectivity index (χ0) is 34.2. The fraction of sp³-hybridized carbons (Fsp3) is 0. The van der Waals surface area contributed by atoms with Gasteiger partial charge in [0.2, 0.25) is 0 Å². The minimum Gasteiger partial charge on any atom is -0.456 e. The highest BCUT2D eigenvalue weighted by atomic mass is 32.1. The third kappa shape index (κ3) is 4.45. The third-order valence-corrected chi connectivity index (χ3v) is 11.5. The Morgan fingerprint density at radius 3 is 1.92 bits per heavy atom. The van der Waals surface area contributed by atoms with Crippen LogP contribution in [0.4, 0.5) is 17.1 Å². The van der Waals surface area contributed by atoms with E-state index in [-0.39, 0.29) is 0 Å². The Hall–Kier alpha value is -6.62. The maximum Gasteiger partial charge on any atom is 0.137 e. The molecule has 3 nitrogen and oxygen atoms in total. The average Bonchev–Trinajstić information content (AvgIpc) is 3.88. The molecule has 0 atom stereocenters. The number of thiophene rings is 1. The maximum atomic E-state index is 6.42. The molecular formula is C48H30N2OS. The summed E-state index contributed by atoms with van der Waals surface area (Å²) in [6.07, 6.45) is 0. The topological polar surface area (TPSA) is 21.3 Å². The van der Waals surface area contributed by atoms with Crippen LogP contribution in [0.3, 0.4) is 0 Å². The molecule has 8 aromatic carbocycles. The van der Waals surface area contributed by atoms with Gasteiger partial charge in [0, 0.05) is 70.5 Å². The van der Waals surface area contributed by atoms with Crippen molar-refractivity contribution in [2.24, 2.45) is 0 Å². The van der Waals surface area contributed by atoms with Crippen molar-refractivity contribution in [3.05, 3.63) is 182 Å². The second kappa shape index (κ2) is 11.5. The van der Waals surface area contributed by atoms with E-state index in [0.29, 0.717) is 0 Å². The molecular weight excluding hydrogens is 653 g/mol. The number of rotatable bonds is 5. The first-order valence-electron chi connectivity index (χ1n) is 17.6. The van der Waals surface area contributed by atoms with Crippen LogP contribution in [-0.2, 0) is 0 Å². The number of aromatic nitrogens is 1. The molecule has 0 fully saturated rings. The third-order valence-electron chi connectivity index (χ3n) is 10.4. The lowest BCUT2D eigenvalue weighted by atomic mass is 9.99. The molecule has 0 bridgehead atoms. The first kappa shape index (κ1) is 29.1. The molecule has 4 heteroatoms. The van der Waals surface area contributed by atoms with Crippen LogP contribution >= 0.6 is 11.3 Å². The predicted molar refractivity (Wildman–Crippen MR) is 221 cm³/mol. The van der Waals surface area contributed by atoms with Gasteiger partial charge in [-0.3, -0.25) is 0 Å². The molecule has 11 aromatic rings. The number of furan rings is 1. The monoisotopic (exact) mass is 682 g/mol. The number of hydrogen-bond acceptors (Lipinski definition) is 3. The number of anilines is 3. The van der Waals surface area contributed by atoms with E-state index in [9.17, 15) is 0 Å². The maximum absolute atomic E-state index is 6.42. The molecule has 0 aliphatic carbocycles. The number of hydrogen-bond donors (Lipinski definition) is 0. The molecule has 11 rings (SSSR count). The summed E-state index contributed by atoms with van der Waals surface area (Å²) in [5, 5.41) is 7.34. The van der Waals surface area contributed by atoms with Crippen molar-refractivity contribution in [3.8, 4) is 16.8 Å². The van der Waals surface area contributed by atoms with Crippen LogP contribution < -0.4 is 4.90 Å². The lowest BCUT2D eigenvalue weighted by molar-refractivity contribution is 0.669. The molecule has 0 N–H and O–H groups in total. The molecule has 3 aromatic heterocycles. The number of fused-ring (bicyclic) bond motifs is 9. The quantitative estimate of drug-likeness (QED) is 0.180. The molecule has 0 amide bonds. The second-order valence-electron chi connectivity index (χ2n) is 13.3. The van der Waals surface area contributed by atoms with Crippen LogP contribution in [0, 0.1) is 0 Å². The Kier molecular flexibility index (Phi) is 6.42. The molecule has 0 aliphatic rings. The summed E-state index contributed by atoms with van der Waals surface area (Å²) in [4.78, 5) is 2.35. The van der Waals surface area contributed by atoms with Gasteiger partial charge in [-0.1, -0.05) is 103 Å². The van der Waals surface area contributed by atoms with Gasteiger partial charge in [-0.25, -0.2) is 0 Å². The summed E-state index contributed by atoms with van der Waals surface area (Å²) < 4.78 is 11.4. The summed E-state index contributed by atoms with van der Waals surface area (Å²) in [6.45, 7) is 0. The summed E-state index contributed by atoms with van der Waals surface area (Å²) in [5.41, 5.74) is 10.9. The van der Waals surface area contributed by atoms with Crippen molar-refractivity contribution < 1.29 is 4.42 Å². The fourth-order valence-electron chi connectivity index (χ4n) is 8.06. The first-order chi connectivity index (χ1) is 25.8. The molecule has 0 spiro atoms. The van der Waals surface area contributed by atoms with E-state index in [1.54, 1.807) is 0 Å². The van der Waals surface area contributed by atoms with Crippen molar-refractivity contribution in [1.29, 1.82) is 0 Å². The van der Waals surface area contributed by atoms with Crippen LogP contribution in [0.1, 0.15) is 0 Å². The highest BCUT2D eigenvalue weighted by molar-refractivity contribution is 7.25. The number of benzene rings is 8. The summed E-state index contributed by atoms with van der Waals surface area (Å²) in [7, 11) is 0. The van der Waals surface area contributed by atoms with Crippen LogP contribution in [-0.4, -0.2) is 4.57 Å². The van der Waals surface area contributed by atoms with E-state index in [0.717, 1.165) is 50.2 Å². The smallest absolute Gasteiger partial charge is 0.137 e. The van der Waals surface area contributed by atoms with Crippen molar-refractivity contribution in [2.45, 2.75) is 0 Å². The average molecular weight is 683 g/mol. The zero-order valence-electron chi connectivity index (χ0n) is 28.0. The Morgan fingerprint density at radius 1 is 0.423 bits per heavy atom. The Morgan fingerprint density at radius 2 is 1.06 bits per heavy atom. The lowest BCUT2D eigenvalue weighted by Gasteiger charge is -2.26. The van der Waals surface area contributed by atoms with E-state index >= 15 is 0 Å². The van der Waals surface area contributed by atoms with Gasteiger partial charge >= 0.3 is 0 Å². The molecule has 3 heterocycles. The van der Waals surface area contributed by atoms with Gasteiger partial charge in [0.1, 0.15) is 11.2 Å². The Labute approximate surface area is 303 Å². The summed E-state index contributed by atoms with van der Waals surface area (Å²) in [6, 6.07) is 65.5. The van der Waals surface area contributed by atoms with Gasteiger partial charge in [-0.05, 0) is 83.9 Å². The van der Waals surface area contributed by atoms with E-state index < -0.39 is 0 Å². The zero-order valence-corrected chi connectivity index (χ0v) is 28.8. The van der Waals surface area contributed by atoms with Gasteiger partial charge in [0.25, 0.3) is 0 Å². The van der Waals surface area contributed by atoms with Crippen molar-refractivity contribution in [1.82, 2.24) is 4.57 Å². The normalized spacial score (nSPS) is 11.8. The van der Waals surface area contributed by atoms with Crippen LogP contribution in [0.2, 0.25) is 0 Å². The van der Waals surface area contributed by atoms with Crippen LogP contribution in [0.25, 0.3) is 80.7 Å². The molecule has 0 radical (unpaired) electrons. The molecule has 52 heavy (non-hydrogen) atoms. The predicted octanol–water partition coefficient (Wildman–Crippen LogP) is 14.2. The molecule has 0 unspecified atom stereocenters. The minimum atomic E-state index is 0.871. The lowest BCUT2D eigenvalue weighted by Crippen LogP contribution is -2.10. The highest BCUT2D eigenvalue weighted by Crippen LogP contribution is 2.44. The SMILES string of the molecule is c1ccc(-n2c3ccccc3c3ccc(N(c4ccc(-c5cccc6sc7ccccc7c56)cc4)c4ccc5c(c4)oc4ccccc45)cc32)cc1. The largest absolute Gasteiger partial charge is 0.456 e. The van der Waals surface area contributed by atoms with Crippen molar-refractivity contribution in [2.75, 3.05) is 4.90 Å². The first-order valence-corrected chi connectivity index (χ1v) is 18.4. The summed E-state index contributed by atoms with van der Waals surface area (Å²) >= 11 is 1.86. The van der Waals surface area contributed by atoms with Crippen LogP contribution in [0.15, 0.2) is 186 Å². The fourth-order valence-corrected chi connectivity index (χ4v) is 9.19. The van der Waals surface area contributed by atoms with Gasteiger partial charge in [0.15, 0.2) is 0 Å². The Balaban J connectivity index is 1.12. The highest BCUT2D eigenvalue weighted by Gasteiger charge is 2.19. The van der Waals surface area contributed by atoms with E-state index in [4.69, 9.17) is 4.42 Å². The Bertz CT molecular complexity index is 3130. The van der Waals surface area contributed by atoms with Crippen molar-refractivity contribution in [3.63, 3.8) is 0 Å². The molecule has 244 valence electrons. The summed E-state index contributed by atoms with van der Waals surface area (Å²) in [5.74, 6) is 0. The number of nitrogens with zero attached hydrogens (tertiary/aromatic N) is 2. The van der Waals surface area contributed by atoms with Crippen LogP contribution in [0.5, 0.6) is 0 Å². The van der Waals surface area contributed by atoms with Crippen molar-refractivity contribution >= 4 is 92.3 Å². The minimum absolute atomic E-state index is 0.871. The van der Waals surface area contributed by atoms with E-state index in [2.05, 4.69) is 179 Å². The molecule has 0 saturated carbocycles. The van der Waals surface area contributed by atoms with Gasteiger partial charge < -0.3 is 13.9 Å². The van der Waals surface area contributed by atoms with E-state index in [1.165, 1.54) is 47.6 Å². The van der Waals surface area contributed by atoms with Gasteiger partial charge in [0.05, 0.1) is 11.0 Å². The van der Waals surface area contributed by atoms with E-state index in [1.807, 2.05) is 23.5 Å². The van der Waals surface area contributed by atoms with Gasteiger partial charge in [-0.2, -0.15) is 0 Å². The number of para-hydroxylation sites is 3. The molecule has 0 aliphatic heterocycles.